The Hall–Kier alpha value is -0.330. The third-order valence-electron chi connectivity index (χ3n) is 3.63. The van der Waals surface area contributed by atoms with Crippen LogP contribution in [0.2, 0.25) is 10.0 Å². The van der Waals surface area contributed by atoms with Crippen molar-refractivity contribution in [2.45, 2.75) is 44.7 Å². The van der Waals surface area contributed by atoms with Gasteiger partial charge in [-0.15, -0.1) is 0 Å². The lowest BCUT2D eigenvalue weighted by Gasteiger charge is -2.21. The average Bonchev–Trinajstić information content (AvgIpc) is 2.41. The molecule has 2 unspecified atom stereocenters. The summed E-state index contributed by atoms with van der Waals surface area (Å²) < 4.78 is 27.7. The van der Waals surface area contributed by atoms with Crippen molar-refractivity contribution < 1.29 is 8.42 Å². The summed E-state index contributed by atoms with van der Waals surface area (Å²) in [4.78, 5) is 0.0639. The van der Waals surface area contributed by atoms with E-state index in [0.29, 0.717) is 17.1 Å². The molecule has 0 bridgehead atoms. The van der Waals surface area contributed by atoms with Gasteiger partial charge in [0.05, 0.1) is 5.02 Å². The van der Waals surface area contributed by atoms with E-state index in [1.807, 2.05) is 20.8 Å². The molecule has 2 N–H and O–H groups in total. The van der Waals surface area contributed by atoms with Crippen molar-refractivity contribution in [3.05, 3.63) is 27.7 Å². The Labute approximate surface area is 137 Å². The van der Waals surface area contributed by atoms with E-state index >= 15 is 0 Å². The van der Waals surface area contributed by atoms with E-state index < -0.39 is 10.0 Å². The molecule has 0 aliphatic rings. The first-order chi connectivity index (χ1) is 9.74. The number of sulfonamides is 1. The van der Waals surface area contributed by atoms with Crippen LogP contribution in [-0.4, -0.2) is 21.5 Å². The fourth-order valence-corrected chi connectivity index (χ4v) is 4.16. The van der Waals surface area contributed by atoms with E-state index in [2.05, 4.69) is 10.0 Å². The first-order valence-corrected chi connectivity index (χ1v) is 9.12. The van der Waals surface area contributed by atoms with Crippen LogP contribution < -0.4 is 10.0 Å². The van der Waals surface area contributed by atoms with Gasteiger partial charge in [-0.1, -0.05) is 43.5 Å². The largest absolute Gasteiger partial charge is 0.316 e. The fourth-order valence-electron chi connectivity index (χ4n) is 1.90. The summed E-state index contributed by atoms with van der Waals surface area (Å²) in [6, 6.07) is 2.83. The zero-order valence-electron chi connectivity index (χ0n) is 12.7. The second-order valence-corrected chi connectivity index (χ2v) is 7.63. The molecule has 7 heteroatoms. The molecule has 0 amide bonds. The van der Waals surface area contributed by atoms with Gasteiger partial charge < -0.3 is 5.32 Å². The zero-order valence-corrected chi connectivity index (χ0v) is 15.0. The summed E-state index contributed by atoms with van der Waals surface area (Å²) >= 11 is 12.3. The molecule has 0 aliphatic heterocycles. The van der Waals surface area contributed by atoms with Crippen LogP contribution in [0.4, 0.5) is 0 Å². The van der Waals surface area contributed by atoms with E-state index in [1.54, 1.807) is 13.1 Å². The summed E-state index contributed by atoms with van der Waals surface area (Å²) in [5.74, 6) is 0.239. The first-order valence-electron chi connectivity index (χ1n) is 6.88. The number of hydrogen-bond acceptors (Lipinski definition) is 3. The Morgan fingerprint density at radius 2 is 1.86 bits per heavy atom. The molecule has 1 rings (SSSR count). The van der Waals surface area contributed by atoms with Crippen LogP contribution in [0, 0.1) is 5.92 Å². The molecular formula is C14H22Cl2N2O2S. The highest BCUT2D eigenvalue weighted by molar-refractivity contribution is 7.89. The SMILES string of the molecule is CCC(C)C(C)NS(=O)(=O)c1ccc(Cl)c(CNC)c1Cl. The molecule has 120 valence electrons. The van der Waals surface area contributed by atoms with Gasteiger partial charge in [0.15, 0.2) is 0 Å². The summed E-state index contributed by atoms with van der Waals surface area (Å²) in [5, 5.41) is 3.54. The van der Waals surface area contributed by atoms with Crippen molar-refractivity contribution in [1.29, 1.82) is 0 Å². The minimum Gasteiger partial charge on any atom is -0.316 e. The van der Waals surface area contributed by atoms with Crippen LogP contribution in [0.5, 0.6) is 0 Å². The Bertz CT molecular complexity index is 591. The van der Waals surface area contributed by atoms with Crippen molar-refractivity contribution in [2.75, 3.05) is 7.05 Å². The van der Waals surface area contributed by atoms with Gasteiger partial charge in [-0.3, -0.25) is 0 Å². The monoisotopic (exact) mass is 352 g/mol. The van der Waals surface area contributed by atoms with E-state index in [1.165, 1.54) is 6.07 Å². The molecule has 0 saturated carbocycles. The Balaban J connectivity index is 3.17. The normalized spacial score (nSPS) is 15.0. The molecule has 2 atom stereocenters. The lowest BCUT2D eigenvalue weighted by Crippen LogP contribution is -2.37. The lowest BCUT2D eigenvalue weighted by molar-refractivity contribution is 0.434. The minimum atomic E-state index is -3.67. The van der Waals surface area contributed by atoms with Gasteiger partial charge in [0.2, 0.25) is 10.0 Å². The van der Waals surface area contributed by atoms with Gasteiger partial charge in [-0.05, 0) is 32.0 Å². The molecule has 4 nitrogen and oxygen atoms in total. The first kappa shape index (κ1) is 18.7. The molecule has 1 aromatic rings. The fraction of sp³-hybridized carbons (Fsp3) is 0.571. The van der Waals surface area contributed by atoms with Gasteiger partial charge in [-0.2, -0.15) is 0 Å². The summed E-state index contributed by atoms with van der Waals surface area (Å²) in [7, 11) is -1.92. The molecule has 0 aliphatic carbocycles. The maximum atomic E-state index is 12.5. The summed E-state index contributed by atoms with van der Waals surface area (Å²) in [5.41, 5.74) is 0.583. The van der Waals surface area contributed by atoms with Crippen LogP contribution in [0.15, 0.2) is 17.0 Å². The van der Waals surface area contributed by atoms with E-state index in [0.717, 1.165) is 6.42 Å². The van der Waals surface area contributed by atoms with Crippen LogP contribution in [0.1, 0.15) is 32.8 Å². The van der Waals surface area contributed by atoms with Crippen LogP contribution >= 0.6 is 23.2 Å². The molecule has 0 radical (unpaired) electrons. The minimum absolute atomic E-state index is 0.0639. The highest BCUT2D eigenvalue weighted by atomic mass is 35.5. The number of benzene rings is 1. The smallest absolute Gasteiger partial charge is 0.242 e. The van der Waals surface area contributed by atoms with Gasteiger partial charge >= 0.3 is 0 Å². The second kappa shape index (κ2) is 7.79. The van der Waals surface area contributed by atoms with Crippen molar-refractivity contribution in [1.82, 2.24) is 10.0 Å². The molecule has 0 saturated heterocycles. The standard InChI is InChI=1S/C14H22Cl2N2O2S/c1-5-9(2)10(3)18-21(19,20)13-7-6-12(15)11(8-17-4)14(13)16/h6-7,9-10,17-18H,5,8H2,1-4H3. The van der Waals surface area contributed by atoms with Gasteiger partial charge in [0, 0.05) is 23.2 Å². The van der Waals surface area contributed by atoms with Crippen molar-refractivity contribution in [3.8, 4) is 0 Å². The Morgan fingerprint density at radius 1 is 1.24 bits per heavy atom. The molecular weight excluding hydrogens is 331 g/mol. The summed E-state index contributed by atoms with van der Waals surface area (Å²) in [6.45, 7) is 6.28. The zero-order chi connectivity index (χ0) is 16.2. The van der Waals surface area contributed by atoms with Crippen LogP contribution in [0.25, 0.3) is 0 Å². The van der Waals surface area contributed by atoms with Gasteiger partial charge in [0.1, 0.15) is 4.90 Å². The topological polar surface area (TPSA) is 58.2 Å². The third-order valence-corrected chi connectivity index (χ3v) is 6.13. The van der Waals surface area contributed by atoms with Crippen molar-refractivity contribution in [3.63, 3.8) is 0 Å². The van der Waals surface area contributed by atoms with E-state index in [9.17, 15) is 8.42 Å². The summed E-state index contributed by atoms with van der Waals surface area (Å²) in [6.07, 6.45) is 0.892. The highest BCUT2D eigenvalue weighted by Gasteiger charge is 2.24. The van der Waals surface area contributed by atoms with Crippen LogP contribution in [-0.2, 0) is 16.6 Å². The van der Waals surface area contributed by atoms with E-state index in [-0.39, 0.29) is 21.9 Å². The predicted octanol–water partition coefficient (Wildman–Crippen LogP) is 3.43. The second-order valence-electron chi connectivity index (χ2n) is 5.16. The molecule has 0 spiro atoms. The van der Waals surface area contributed by atoms with E-state index in [4.69, 9.17) is 23.2 Å². The maximum absolute atomic E-state index is 12.5. The molecule has 0 aromatic heterocycles. The average molecular weight is 353 g/mol. The number of nitrogens with one attached hydrogen (secondary N) is 2. The molecule has 1 aromatic carbocycles. The van der Waals surface area contributed by atoms with Gasteiger partial charge in [0.25, 0.3) is 0 Å². The number of rotatable bonds is 7. The van der Waals surface area contributed by atoms with Gasteiger partial charge in [-0.25, -0.2) is 13.1 Å². The van der Waals surface area contributed by atoms with Crippen LogP contribution in [0.3, 0.4) is 0 Å². The highest BCUT2D eigenvalue weighted by Crippen LogP contribution is 2.31. The Kier molecular flexibility index (Phi) is 6.94. The molecule has 0 heterocycles. The van der Waals surface area contributed by atoms with Crippen molar-refractivity contribution in [2.24, 2.45) is 5.92 Å². The third kappa shape index (κ3) is 4.57. The number of hydrogen-bond donors (Lipinski definition) is 2. The predicted molar refractivity (Wildman–Crippen MR) is 88.5 cm³/mol. The quantitative estimate of drug-likeness (QED) is 0.790. The lowest BCUT2D eigenvalue weighted by atomic mass is 10.0. The number of halogens is 2. The van der Waals surface area contributed by atoms with Crippen molar-refractivity contribution >= 4 is 33.2 Å². The molecule has 0 fully saturated rings. The Morgan fingerprint density at radius 3 is 2.38 bits per heavy atom. The maximum Gasteiger partial charge on any atom is 0.242 e. The molecule has 21 heavy (non-hydrogen) atoms.